The number of hydrogen-bond donors (Lipinski definition) is 3. The standard InChI is InChI=1S/C18H27NO7/c1-10-11(2)18(24,9-20)16(22)26-13-5-7-19-6-4-12(14(13)19)8-25-15(21)17(10,3)23/h4,10-11,13-14,20,23-24H,5-9H2,1-3H3/t10?,11-,13-,14-,17-,18-/m1/s1. The number of aliphatic hydroxyl groups is 3. The Balaban J connectivity index is 1.99. The van der Waals surface area contributed by atoms with E-state index >= 15 is 0 Å². The van der Waals surface area contributed by atoms with Crippen LogP contribution in [0.5, 0.6) is 0 Å². The van der Waals surface area contributed by atoms with Gasteiger partial charge in [-0.15, -0.1) is 0 Å². The molecule has 146 valence electrons. The first-order valence-electron chi connectivity index (χ1n) is 8.99. The summed E-state index contributed by atoms with van der Waals surface area (Å²) >= 11 is 0. The lowest BCUT2D eigenvalue weighted by Gasteiger charge is -2.40. The lowest BCUT2D eigenvalue weighted by Crippen LogP contribution is -2.58. The Kier molecular flexibility index (Phi) is 4.89. The highest BCUT2D eigenvalue weighted by molar-refractivity contribution is 5.82. The quantitative estimate of drug-likeness (QED) is 0.407. The predicted molar refractivity (Wildman–Crippen MR) is 89.9 cm³/mol. The number of carbonyl (C=O) groups excluding carboxylic acids is 2. The fourth-order valence-electron chi connectivity index (χ4n) is 4.14. The lowest BCUT2D eigenvalue weighted by molar-refractivity contribution is -0.196. The summed E-state index contributed by atoms with van der Waals surface area (Å²) in [5.74, 6) is -3.56. The number of cyclic esters (lactones) is 1. The van der Waals surface area contributed by atoms with E-state index in [0.717, 1.165) is 12.1 Å². The molecule has 3 aliphatic heterocycles. The van der Waals surface area contributed by atoms with Crippen LogP contribution in [0.4, 0.5) is 0 Å². The van der Waals surface area contributed by atoms with Crippen molar-refractivity contribution >= 4 is 11.9 Å². The molecule has 2 saturated heterocycles. The lowest BCUT2D eigenvalue weighted by atomic mass is 9.73. The molecule has 26 heavy (non-hydrogen) atoms. The van der Waals surface area contributed by atoms with E-state index in [9.17, 15) is 24.9 Å². The largest absolute Gasteiger partial charge is 0.459 e. The second-order valence-electron chi connectivity index (χ2n) is 7.83. The summed E-state index contributed by atoms with van der Waals surface area (Å²) in [4.78, 5) is 27.3. The minimum absolute atomic E-state index is 0.0234. The molecule has 3 N–H and O–H groups in total. The van der Waals surface area contributed by atoms with Crippen molar-refractivity contribution in [1.29, 1.82) is 0 Å². The highest BCUT2D eigenvalue weighted by Crippen LogP contribution is 2.37. The maximum atomic E-state index is 12.7. The third-order valence-corrected chi connectivity index (χ3v) is 6.44. The first kappa shape index (κ1) is 19.3. The zero-order valence-corrected chi connectivity index (χ0v) is 15.3. The van der Waals surface area contributed by atoms with Gasteiger partial charge in [-0.2, -0.15) is 0 Å². The van der Waals surface area contributed by atoms with Gasteiger partial charge in [0, 0.05) is 24.9 Å². The molecule has 6 atom stereocenters. The van der Waals surface area contributed by atoms with Gasteiger partial charge >= 0.3 is 11.9 Å². The second kappa shape index (κ2) is 6.60. The first-order valence-corrected chi connectivity index (χ1v) is 8.99. The number of hydrogen-bond acceptors (Lipinski definition) is 8. The Morgan fingerprint density at radius 1 is 1.23 bits per heavy atom. The maximum Gasteiger partial charge on any atom is 0.341 e. The fourth-order valence-corrected chi connectivity index (χ4v) is 4.14. The van der Waals surface area contributed by atoms with Gasteiger partial charge < -0.3 is 24.8 Å². The third-order valence-electron chi connectivity index (χ3n) is 6.44. The van der Waals surface area contributed by atoms with Crippen LogP contribution in [0.25, 0.3) is 0 Å². The average Bonchev–Trinajstić information content (AvgIpc) is 3.19. The zero-order valence-electron chi connectivity index (χ0n) is 15.3. The molecule has 8 nitrogen and oxygen atoms in total. The number of ether oxygens (including phenoxy) is 2. The molecule has 8 heteroatoms. The highest BCUT2D eigenvalue weighted by Gasteiger charge is 2.54. The Morgan fingerprint density at radius 3 is 2.58 bits per heavy atom. The van der Waals surface area contributed by atoms with E-state index in [2.05, 4.69) is 4.90 Å². The Hall–Kier alpha value is -1.48. The minimum Gasteiger partial charge on any atom is -0.459 e. The molecule has 0 spiro atoms. The normalized spacial score (nSPS) is 44.5. The van der Waals surface area contributed by atoms with Gasteiger partial charge in [0.05, 0.1) is 12.6 Å². The third kappa shape index (κ3) is 2.85. The van der Waals surface area contributed by atoms with Crippen LogP contribution in [-0.4, -0.2) is 81.8 Å². The van der Waals surface area contributed by atoms with Gasteiger partial charge in [0.25, 0.3) is 0 Å². The summed E-state index contributed by atoms with van der Waals surface area (Å²) in [6.45, 7) is 4.86. The number of rotatable bonds is 1. The van der Waals surface area contributed by atoms with Crippen LogP contribution < -0.4 is 0 Å². The maximum absolute atomic E-state index is 12.7. The molecular formula is C18H27NO7. The van der Waals surface area contributed by atoms with Crippen LogP contribution >= 0.6 is 0 Å². The first-order chi connectivity index (χ1) is 12.1. The van der Waals surface area contributed by atoms with Gasteiger partial charge in [-0.1, -0.05) is 19.9 Å². The Labute approximate surface area is 152 Å². The summed E-state index contributed by atoms with van der Waals surface area (Å²) in [5, 5.41) is 31.3. The molecule has 0 aromatic rings. The van der Waals surface area contributed by atoms with Crippen LogP contribution in [0.15, 0.2) is 11.6 Å². The van der Waals surface area contributed by atoms with Crippen molar-refractivity contribution in [2.24, 2.45) is 11.8 Å². The van der Waals surface area contributed by atoms with Crippen molar-refractivity contribution in [3.8, 4) is 0 Å². The van der Waals surface area contributed by atoms with E-state index in [0.29, 0.717) is 13.0 Å². The number of carbonyl (C=O) groups is 2. The van der Waals surface area contributed by atoms with Gasteiger partial charge in [0.2, 0.25) is 0 Å². The van der Waals surface area contributed by atoms with Gasteiger partial charge in [0.15, 0.2) is 11.2 Å². The monoisotopic (exact) mass is 369 g/mol. The van der Waals surface area contributed by atoms with Crippen molar-refractivity contribution < 1.29 is 34.4 Å². The van der Waals surface area contributed by atoms with Gasteiger partial charge in [-0.25, -0.2) is 9.59 Å². The highest BCUT2D eigenvalue weighted by atomic mass is 16.6. The van der Waals surface area contributed by atoms with E-state index < -0.39 is 47.7 Å². The van der Waals surface area contributed by atoms with E-state index in [-0.39, 0.29) is 12.6 Å². The van der Waals surface area contributed by atoms with Crippen LogP contribution in [0.3, 0.4) is 0 Å². The summed E-state index contributed by atoms with van der Waals surface area (Å²) in [6.07, 6.45) is 2.06. The Morgan fingerprint density at radius 2 is 1.92 bits per heavy atom. The molecule has 0 aliphatic carbocycles. The van der Waals surface area contributed by atoms with E-state index in [4.69, 9.17) is 9.47 Å². The molecule has 2 fully saturated rings. The average molecular weight is 369 g/mol. The van der Waals surface area contributed by atoms with E-state index in [1.54, 1.807) is 0 Å². The fraction of sp³-hybridized carbons (Fsp3) is 0.778. The molecule has 0 radical (unpaired) electrons. The van der Waals surface area contributed by atoms with E-state index in [1.165, 1.54) is 20.8 Å². The molecule has 3 aliphatic rings. The van der Waals surface area contributed by atoms with Gasteiger partial charge in [-0.3, -0.25) is 4.90 Å². The van der Waals surface area contributed by atoms with Crippen molar-refractivity contribution in [1.82, 2.24) is 4.90 Å². The van der Waals surface area contributed by atoms with Gasteiger partial charge in [-0.05, 0) is 18.9 Å². The van der Waals surface area contributed by atoms with Crippen LogP contribution in [0, 0.1) is 11.8 Å². The van der Waals surface area contributed by atoms with Crippen molar-refractivity contribution in [2.75, 3.05) is 26.3 Å². The molecule has 3 heterocycles. The van der Waals surface area contributed by atoms with Crippen LogP contribution in [0.1, 0.15) is 27.2 Å². The van der Waals surface area contributed by atoms with Gasteiger partial charge in [0.1, 0.15) is 12.7 Å². The summed E-state index contributed by atoms with van der Waals surface area (Å²) in [5.41, 5.74) is -3.34. The molecule has 0 saturated carbocycles. The second-order valence-corrected chi connectivity index (χ2v) is 7.83. The molecule has 0 bridgehead atoms. The van der Waals surface area contributed by atoms with Crippen LogP contribution in [-0.2, 0) is 19.1 Å². The number of nitrogens with zero attached hydrogens (tertiary/aromatic N) is 1. The van der Waals surface area contributed by atoms with Crippen molar-refractivity contribution in [3.63, 3.8) is 0 Å². The number of aliphatic hydroxyl groups excluding tert-OH is 1. The molecule has 3 rings (SSSR count). The predicted octanol–water partition coefficient (Wildman–Crippen LogP) is -0.784. The zero-order chi connectivity index (χ0) is 19.3. The Bertz CT molecular complexity index is 631. The minimum atomic E-state index is -2.22. The summed E-state index contributed by atoms with van der Waals surface area (Å²) in [7, 11) is 0. The topological polar surface area (TPSA) is 117 Å². The summed E-state index contributed by atoms with van der Waals surface area (Å²) < 4.78 is 10.9. The number of esters is 2. The molecule has 0 aromatic carbocycles. The smallest absolute Gasteiger partial charge is 0.341 e. The SMILES string of the molecule is CC1[C@@H](C)[C@](O)(CO)C(=O)O[C@@H]2CCN3CC=C(COC(=O)[C@]1(C)O)[C@H]23. The van der Waals surface area contributed by atoms with E-state index in [1.807, 2.05) is 6.08 Å². The molecule has 0 amide bonds. The van der Waals surface area contributed by atoms with Crippen molar-refractivity contribution in [3.05, 3.63) is 11.6 Å². The summed E-state index contributed by atoms with van der Waals surface area (Å²) in [6, 6.07) is -0.216. The van der Waals surface area contributed by atoms with Crippen molar-refractivity contribution in [2.45, 2.75) is 50.5 Å². The molecule has 1 unspecified atom stereocenters. The van der Waals surface area contributed by atoms with Crippen LogP contribution in [0.2, 0.25) is 0 Å². The molecule has 0 aromatic heterocycles. The molecular weight excluding hydrogens is 342 g/mol.